The lowest BCUT2D eigenvalue weighted by molar-refractivity contribution is 0.673. The van der Waals surface area contributed by atoms with Gasteiger partial charge in [0.2, 0.25) is 0 Å². The third kappa shape index (κ3) is 4.43. The third-order valence-corrected chi connectivity index (χ3v) is 8.75. The molecule has 5 nitrogen and oxygen atoms in total. The first-order chi connectivity index (χ1) is 23.2. The van der Waals surface area contributed by atoms with Crippen molar-refractivity contribution in [2.75, 3.05) is 0 Å². The summed E-state index contributed by atoms with van der Waals surface area (Å²) in [5.74, 6) is 1.83. The van der Waals surface area contributed by atoms with Crippen molar-refractivity contribution in [3.8, 4) is 51.4 Å². The molecule has 0 unspecified atom stereocenters. The summed E-state index contributed by atoms with van der Waals surface area (Å²) < 4.78 is 6.64. The van der Waals surface area contributed by atoms with Gasteiger partial charge in [0.05, 0.1) is 11.6 Å². The molecule has 0 fully saturated rings. The minimum absolute atomic E-state index is 0.590. The van der Waals surface area contributed by atoms with Crippen LogP contribution in [0.3, 0.4) is 0 Å². The van der Waals surface area contributed by atoms with Gasteiger partial charge >= 0.3 is 0 Å². The lowest BCUT2D eigenvalue weighted by Crippen LogP contribution is -2.00. The molecule has 7 aromatic carbocycles. The number of rotatable bonds is 4. The molecule has 0 spiro atoms. The Labute approximate surface area is 270 Å². The molecule has 2 heterocycles. The molecule has 0 N–H and O–H groups in total. The summed E-state index contributed by atoms with van der Waals surface area (Å²) in [4.78, 5) is 14.8. The maximum Gasteiger partial charge on any atom is 0.164 e. The smallest absolute Gasteiger partial charge is 0.164 e. The number of para-hydroxylation sites is 1. The standard InChI is InChI=1S/C42H24N4O/c43-25-30-15-7-8-16-31(30)28-19-21-32-33-22-20-29(24-36(33)39-38(35(32)23-28)34-17-9-10-18-37(34)47-39)42-45-40(26-11-3-1-4-12-26)44-41(46-42)27-13-5-2-6-14-27/h1-24H. The van der Waals surface area contributed by atoms with Crippen LogP contribution in [0.2, 0.25) is 0 Å². The third-order valence-electron chi connectivity index (χ3n) is 8.75. The van der Waals surface area contributed by atoms with Crippen LogP contribution in [-0.2, 0) is 0 Å². The van der Waals surface area contributed by atoms with E-state index < -0.39 is 0 Å². The molecular weight excluding hydrogens is 576 g/mol. The van der Waals surface area contributed by atoms with Crippen molar-refractivity contribution < 1.29 is 4.42 Å². The zero-order chi connectivity index (χ0) is 31.3. The quantitative estimate of drug-likeness (QED) is 0.188. The van der Waals surface area contributed by atoms with Gasteiger partial charge in [-0.2, -0.15) is 5.26 Å². The van der Waals surface area contributed by atoms with E-state index in [0.717, 1.165) is 71.3 Å². The zero-order valence-electron chi connectivity index (χ0n) is 25.1. The Morgan fingerprint density at radius 2 is 1.00 bits per heavy atom. The molecule has 0 aliphatic heterocycles. The number of aromatic nitrogens is 3. The summed E-state index contributed by atoms with van der Waals surface area (Å²) in [5.41, 5.74) is 6.89. The van der Waals surface area contributed by atoms with Crippen molar-refractivity contribution >= 4 is 43.5 Å². The summed E-state index contributed by atoms with van der Waals surface area (Å²) in [5, 5.41) is 16.1. The molecule has 0 saturated carbocycles. The number of hydrogen-bond acceptors (Lipinski definition) is 5. The maximum atomic E-state index is 9.82. The van der Waals surface area contributed by atoms with Crippen LogP contribution in [0.1, 0.15) is 5.56 Å². The van der Waals surface area contributed by atoms with Gasteiger partial charge < -0.3 is 4.42 Å². The topological polar surface area (TPSA) is 75.6 Å². The number of fused-ring (bicyclic) bond motifs is 8. The van der Waals surface area contributed by atoms with E-state index in [9.17, 15) is 5.26 Å². The number of nitriles is 1. The van der Waals surface area contributed by atoms with E-state index in [-0.39, 0.29) is 0 Å². The molecule has 0 saturated heterocycles. The fourth-order valence-electron chi connectivity index (χ4n) is 6.53. The largest absolute Gasteiger partial charge is 0.455 e. The van der Waals surface area contributed by atoms with E-state index in [0.29, 0.717) is 23.0 Å². The second-order valence-corrected chi connectivity index (χ2v) is 11.5. The van der Waals surface area contributed by atoms with Crippen molar-refractivity contribution in [3.05, 3.63) is 151 Å². The van der Waals surface area contributed by atoms with Gasteiger partial charge in [0, 0.05) is 32.8 Å². The molecule has 0 atom stereocenters. The van der Waals surface area contributed by atoms with Gasteiger partial charge in [-0.1, -0.05) is 121 Å². The number of nitrogens with zero attached hydrogens (tertiary/aromatic N) is 4. The highest BCUT2D eigenvalue weighted by Gasteiger charge is 2.19. The summed E-state index contributed by atoms with van der Waals surface area (Å²) in [6, 6.07) is 51.0. The van der Waals surface area contributed by atoms with E-state index in [4.69, 9.17) is 19.4 Å². The van der Waals surface area contributed by atoms with Crippen molar-refractivity contribution in [3.63, 3.8) is 0 Å². The lowest BCUT2D eigenvalue weighted by Gasteiger charge is -2.12. The summed E-state index contributed by atoms with van der Waals surface area (Å²) >= 11 is 0. The average molecular weight is 601 g/mol. The molecule has 0 amide bonds. The first-order valence-electron chi connectivity index (χ1n) is 15.4. The second-order valence-electron chi connectivity index (χ2n) is 11.5. The Hall–Kier alpha value is -6.64. The lowest BCUT2D eigenvalue weighted by atomic mass is 9.92. The number of furan rings is 1. The van der Waals surface area contributed by atoms with Gasteiger partial charge in [-0.3, -0.25) is 0 Å². The van der Waals surface area contributed by atoms with Crippen LogP contribution in [0.25, 0.3) is 88.8 Å². The van der Waals surface area contributed by atoms with E-state index in [1.807, 2.05) is 103 Å². The molecule has 9 aromatic rings. The highest BCUT2D eigenvalue weighted by molar-refractivity contribution is 6.30. The van der Waals surface area contributed by atoms with E-state index in [1.165, 1.54) is 0 Å². The van der Waals surface area contributed by atoms with E-state index >= 15 is 0 Å². The molecule has 0 bridgehead atoms. The van der Waals surface area contributed by atoms with Crippen LogP contribution in [0, 0.1) is 11.3 Å². The van der Waals surface area contributed by atoms with Gasteiger partial charge in [-0.15, -0.1) is 0 Å². The van der Waals surface area contributed by atoms with Gasteiger partial charge in [-0.25, -0.2) is 15.0 Å². The summed E-state index contributed by atoms with van der Waals surface area (Å²) in [7, 11) is 0. The highest BCUT2D eigenvalue weighted by Crippen LogP contribution is 2.43. The molecule has 0 aliphatic carbocycles. The minimum Gasteiger partial charge on any atom is -0.455 e. The molecule has 2 aromatic heterocycles. The van der Waals surface area contributed by atoms with Gasteiger partial charge in [0.15, 0.2) is 17.5 Å². The van der Waals surface area contributed by atoms with Crippen molar-refractivity contribution in [2.24, 2.45) is 0 Å². The van der Waals surface area contributed by atoms with E-state index in [1.54, 1.807) is 0 Å². The Kier molecular flexibility index (Phi) is 6.12. The summed E-state index contributed by atoms with van der Waals surface area (Å²) in [6.07, 6.45) is 0. The zero-order valence-corrected chi connectivity index (χ0v) is 25.1. The maximum absolute atomic E-state index is 9.82. The van der Waals surface area contributed by atoms with Crippen LogP contribution in [0.5, 0.6) is 0 Å². The molecule has 47 heavy (non-hydrogen) atoms. The van der Waals surface area contributed by atoms with Crippen LogP contribution < -0.4 is 0 Å². The Balaban J connectivity index is 1.32. The molecule has 218 valence electrons. The van der Waals surface area contributed by atoms with Gasteiger partial charge in [0.25, 0.3) is 0 Å². The monoisotopic (exact) mass is 600 g/mol. The minimum atomic E-state index is 0.590. The molecule has 0 aliphatic rings. The van der Waals surface area contributed by atoms with Crippen molar-refractivity contribution in [2.45, 2.75) is 0 Å². The van der Waals surface area contributed by atoms with Crippen LogP contribution in [-0.4, -0.2) is 15.0 Å². The Morgan fingerprint density at radius 1 is 0.447 bits per heavy atom. The van der Waals surface area contributed by atoms with E-state index in [2.05, 4.69) is 48.5 Å². The highest BCUT2D eigenvalue weighted by atomic mass is 16.3. The molecule has 5 heteroatoms. The predicted octanol–water partition coefficient (Wildman–Crippen LogP) is 10.6. The first kappa shape index (κ1) is 26.7. The number of benzene rings is 7. The van der Waals surface area contributed by atoms with Crippen LogP contribution in [0.4, 0.5) is 0 Å². The number of hydrogen-bond donors (Lipinski definition) is 0. The van der Waals surface area contributed by atoms with Crippen LogP contribution in [0.15, 0.2) is 150 Å². The normalized spacial score (nSPS) is 11.4. The fraction of sp³-hybridized carbons (Fsp3) is 0. The molecular formula is C42H24N4O. The van der Waals surface area contributed by atoms with Crippen molar-refractivity contribution in [1.82, 2.24) is 15.0 Å². The predicted molar refractivity (Wildman–Crippen MR) is 189 cm³/mol. The second kappa shape index (κ2) is 10.8. The Bertz CT molecular complexity index is 2630. The molecule has 0 radical (unpaired) electrons. The Morgan fingerprint density at radius 3 is 1.70 bits per heavy atom. The van der Waals surface area contributed by atoms with Gasteiger partial charge in [-0.05, 0) is 51.6 Å². The van der Waals surface area contributed by atoms with Crippen LogP contribution >= 0.6 is 0 Å². The van der Waals surface area contributed by atoms with Crippen molar-refractivity contribution in [1.29, 1.82) is 5.26 Å². The fourth-order valence-corrected chi connectivity index (χ4v) is 6.53. The summed E-state index contributed by atoms with van der Waals surface area (Å²) in [6.45, 7) is 0. The first-order valence-corrected chi connectivity index (χ1v) is 15.4. The SMILES string of the molecule is N#Cc1ccccc1-c1ccc2c3ccc(-c4nc(-c5ccccc5)nc(-c5ccccc5)n4)cc3c3oc4ccccc4c3c2c1. The van der Waals surface area contributed by atoms with Gasteiger partial charge in [0.1, 0.15) is 11.2 Å². The average Bonchev–Trinajstić information content (AvgIpc) is 3.55. The molecule has 9 rings (SSSR count).